The number of amides is 2. The summed E-state index contributed by atoms with van der Waals surface area (Å²) in [6, 6.07) is 9.88. The van der Waals surface area contributed by atoms with Crippen molar-refractivity contribution in [2.24, 2.45) is 5.73 Å². The van der Waals surface area contributed by atoms with E-state index in [4.69, 9.17) is 17.3 Å². The van der Waals surface area contributed by atoms with Crippen LogP contribution in [-0.4, -0.2) is 11.8 Å². The molecule has 0 spiro atoms. The number of primary amides is 1. The van der Waals surface area contributed by atoms with E-state index in [0.29, 0.717) is 31.9 Å². The maximum Gasteiger partial charge on any atom is 0.255 e. The number of hydrogen-bond acceptors (Lipinski definition) is 2. The number of halogens is 2. The van der Waals surface area contributed by atoms with Gasteiger partial charge in [-0.1, -0.05) is 17.7 Å². The normalized spacial score (nSPS) is 10.2. The highest BCUT2D eigenvalue weighted by atomic mass is 79.9. The average Bonchev–Trinajstić information content (AvgIpc) is 2.43. The summed E-state index contributed by atoms with van der Waals surface area (Å²) < 4.78 is 0.638. The largest absolute Gasteiger partial charge is 0.366 e. The van der Waals surface area contributed by atoms with E-state index in [1.165, 1.54) is 0 Å². The Hall–Kier alpha value is -1.85. The molecule has 6 heteroatoms. The van der Waals surface area contributed by atoms with Gasteiger partial charge in [-0.2, -0.15) is 0 Å². The van der Waals surface area contributed by atoms with Crippen LogP contribution in [-0.2, 0) is 0 Å². The third-order valence-corrected chi connectivity index (χ3v) is 4.24. The Kier molecular flexibility index (Phi) is 4.65. The van der Waals surface area contributed by atoms with Gasteiger partial charge in [0.1, 0.15) is 0 Å². The van der Waals surface area contributed by atoms with E-state index >= 15 is 0 Å². The average molecular weight is 368 g/mol. The summed E-state index contributed by atoms with van der Waals surface area (Å²) in [5.41, 5.74) is 7.30. The third-order valence-electron chi connectivity index (χ3n) is 3.03. The van der Waals surface area contributed by atoms with Gasteiger partial charge in [-0.15, -0.1) is 0 Å². The molecule has 0 aromatic heterocycles. The second kappa shape index (κ2) is 6.28. The minimum atomic E-state index is -0.530. The molecule has 0 atom stereocenters. The number of anilines is 1. The number of carbonyl (C=O) groups is 2. The Morgan fingerprint density at radius 1 is 1.24 bits per heavy atom. The highest BCUT2D eigenvalue weighted by Crippen LogP contribution is 2.24. The van der Waals surface area contributed by atoms with Crippen LogP contribution < -0.4 is 11.1 Å². The Bertz CT molecular complexity index is 732. The topological polar surface area (TPSA) is 72.2 Å². The van der Waals surface area contributed by atoms with Crippen molar-refractivity contribution in [3.8, 4) is 0 Å². The van der Waals surface area contributed by atoms with Crippen LogP contribution in [0, 0.1) is 6.92 Å². The molecule has 21 heavy (non-hydrogen) atoms. The molecule has 0 aliphatic rings. The van der Waals surface area contributed by atoms with Crippen molar-refractivity contribution in [1.29, 1.82) is 0 Å². The molecule has 0 aliphatic carbocycles. The van der Waals surface area contributed by atoms with Gasteiger partial charge in [-0.3, -0.25) is 9.59 Å². The Morgan fingerprint density at radius 2 is 1.95 bits per heavy atom. The number of benzene rings is 2. The summed E-state index contributed by atoms with van der Waals surface area (Å²) in [6.45, 7) is 1.73. The number of carbonyl (C=O) groups excluding carboxylic acids is 2. The number of nitrogens with two attached hydrogens (primary N) is 1. The van der Waals surface area contributed by atoms with Gasteiger partial charge in [0.2, 0.25) is 5.91 Å². The summed E-state index contributed by atoms with van der Waals surface area (Å²) in [5, 5.41) is 3.28. The van der Waals surface area contributed by atoms with Crippen LogP contribution in [0.15, 0.2) is 40.9 Å². The van der Waals surface area contributed by atoms with Crippen molar-refractivity contribution in [2.45, 2.75) is 6.92 Å². The molecule has 0 radical (unpaired) electrons. The van der Waals surface area contributed by atoms with Crippen molar-refractivity contribution in [1.82, 2.24) is 0 Å². The smallest absolute Gasteiger partial charge is 0.255 e. The van der Waals surface area contributed by atoms with Crippen molar-refractivity contribution in [3.05, 3.63) is 62.6 Å². The standard InChI is InChI=1S/C15H12BrClN2O2/c1-8-10(14(18)20)3-2-4-13(8)19-15(21)9-5-6-12(17)11(16)7-9/h2-7H,1H3,(H2,18,20)(H,19,21). The van der Waals surface area contributed by atoms with Crippen LogP contribution in [0.2, 0.25) is 5.02 Å². The summed E-state index contributed by atoms with van der Waals surface area (Å²) in [5.74, 6) is -0.824. The van der Waals surface area contributed by atoms with E-state index in [0.717, 1.165) is 0 Å². The fraction of sp³-hybridized carbons (Fsp3) is 0.0667. The summed E-state index contributed by atoms with van der Waals surface area (Å²) in [4.78, 5) is 23.5. The van der Waals surface area contributed by atoms with E-state index < -0.39 is 5.91 Å². The van der Waals surface area contributed by atoms with Crippen LogP contribution in [0.4, 0.5) is 5.69 Å². The van der Waals surface area contributed by atoms with Crippen LogP contribution in [0.1, 0.15) is 26.3 Å². The maximum atomic E-state index is 12.2. The summed E-state index contributed by atoms with van der Waals surface area (Å²) in [6.07, 6.45) is 0. The fourth-order valence-corrected chi connectivity index (χ4v) is 2.37. The molecule has 3 N–H and O–H groups in total. The predicted octanol–water partition coefficient (Wildman–Crippen LogP) is 3.76. The van der Waals surface area contributed by atoms with E-state index in [1.807, 2.05) is 0 Å². The molecular weight excluding hydrogens is 356 g/mol. The number of hydrogen-bond donors (Lipinski definition) is 2. The van der Waals surface area contributed by atoms with E-state index in [-0.39, 0.29) is 5.91 Å². The highest BCUT2D eigenvalue weighted by molar-refractivity contribution is 9.10. The molecule has 0 unspecified atom stereocenters. The molecule has 0 saturated carbocycles. The molecule has 2 rings (SSSR count). The van der Waals surface area contributed by atoms with Gasteiger partial charge in [0.25, 0.3) is 5.91 Å². The lowest BCUT2D eigenvalue weighted by molar-refractivity contribution is 0.0995. The van der Waals surface area contributed by atoms with Gasteiger partial charge in [-0.25, -0.2) is 0 Å². The first-order chi connectivity index (χ1) is 9.90. The van der Waals surface area contributed by atoms with Gasteiger partial charge in [0.15, 0.2) is 0 Å². The fourth-order valence-electron chi connectivity index (χ4n) is 1.87. The second-order valence-corrected chi connectivity index (χ2v) is 5.69. The molecule has 2 amide bonds. The molecule has 0 heterocycles. The van der Waals surface area contributed by atoms with Crippen LogP contribution in [0.3, 0.4) is 0 Å². The number of rotatable bonds is 3. The lowest BCUT2D eigenvalue weighted by atomic mass is 10.1. The zero-order valence-corrected chi connectivity index (χ0v) is 13.5. The number of nitrogens with one attached hydrogen (secondary N) is 1. The van der Waals surface area contributed by atoms with E-state index in [9.17, 15) is 9.59 Å². The molecule has 0 saturated heterocycles. The van der Waals surface area contributed by atoms with Crippen LogP contribution in [0.25, 0.3) is 0 Å². The second-order valence-electron chi connectivity index (χ2n) is 4.43. The monoisotopic (exact) mass is 366 g/mol. The van der Waals surface area contributed by atoms with E-state index in [1.54, 1.807) is 43.3 Å². The third kappa shape index (κ3) is 3.43. The zero-order valence-electron chi connectivity index (χ0n) is 11.1. The quantitative estimate of drug-likeness (QED) is 0.867. The predicted molar refractivity (Wildman–Crippen MR) is 86.8 cm³/mol. The van der Waals surface area contributed by atoms with Gasteiger partial charge in [0.05, 0.1) is 5.02 Å². The van der Waals surface area contributed by atoms with Crippen molar-refractivity contribution in [2.75, 3.05) is 5.32 Å². The summed E-state index contributed by atoms with van der Waals surface area (Å²) >= 11 is 9.17. The first-order valence-corrected chi connectivity index (χ1v) is 7.23. The molecule has 0 fully saturated rings. The first-order valence-electron chi connectivity index (χ1n) is 6.06. The molecular formula is C15H12BrClN2O2. The SMILES string of the molecule is Cc1c(NC(=O)c2ccc(Cl)c(Br)c2)cccc1C(N)=O. The van der Waals surface area contributed by atoms with Crippen molar-refractivity contribution >= 4 is 45.0 Å². The Balaban J connectivity index is 2.29. The lowest BCUT2D eigenvalue weighted by Gasteiger charge is -2.11. The lowest BCUT2D eigenvalue weighted by Crippen LogP contribution is -2.16. The maximum absolute atomic E-state index is 12.2. The zero-order chi connectivity index (χ0) is 15.6. The molecule has 0 bridgehead atoms. The molecule has 2 aromatic carbocycles. The minimum absolute atomic E-state index is 0.294. The van der Waals surface area contributed by atoms with E-state index in [2.05, 4.69) is 21.2 Å². The molecule has 4 nitrogen and oxygen atoms in total. The molecule has 0 aliphatic heterocycles. The van der Waals surface area contributed by atoms with Gasteiger partial charge < -0.3 is 11.1 Å². The van der Waals surface area contributed by atoms with Crippen molar-refractivity contribution in [3.63, 3.8) is 0 Å². The Labute approximate surface area is 135 Å². The Morgan fingerprint density at radius 3 is 2.57 bits per heavy atom. The molecule has 108 valence electrons. The van der Waals surface area contributed by atoms with Crippen molar-refractivity contribution < 1.29 is 9.59 Å². The van der Waals surface area contributed by atoms with Gasteiger partial charge in [0, 0.05) is 21.3 Å². The van der Waals surface area contributed by atoms with Gasteiger partial charge in [-0.05, 0) is 58.7 Å². The van der Waals surface area contributed by atoms with Gasteiger partial charge >= 0.3 is 0 Å². The highest BCUT2D eigenvalue weighted by Gasteiger charge is 2.12. The van der Waals surface area contributed by atoms with Crippen LogP contribution in [0.5, 0.6) is 0 Å². The van der Waals surface area contributed by atoms with Crippen LogP contribution >= 0.6 is 27.5 Å². The first kappa shape index (κ1) is 15.5. The molecule has 2 aromatic rings. The minimum Gasteiger partial charge on any atom is -0.366 e. The summed E-state index contributed by atoms with van der Waals surface area (Å²) in [7, 11) is 0.